The highest BCUT2D eigenvalue weighted by Crippen LogP contribution is 2.12. The quantitative estimate of drug-likeness (QED) is 0.217. The van der Waals surface area contributed by atoms with E-state index in [1.165, 1.54) is 61.0 Å². The van der Waals surface area contributed by atoms with E-state index in [4.69, 9.17) is 0 Å². The molecule has 0 heterocycles. The monoisotopic (exact) mass is 446 g/mol. The molecular formula is C20H22N4O8. The van der Waals surface area contributed by atoms with Crippen LogP contribution >= 0.6 is 0 Å². The van der Waals surface area contributed by atoms with Crippen LogP contribution in [0.5, 0.6) is 0 Å². The predicted molar refractivity (Wildman–Crippen MR) is 115 cm³/mol. The summed E-state index contributed by atoms with van der Waals surface area (Å²) in [6.07, 6.45) is -3.67. The molecule has 0 aliphatic heterocycles. The summed E-state index contributed by atoms with van der Waals surface area (Å²) in [7, 11) is 0. The second-order valence-electron chi connectivity index (χ2n) is 6.80. The maximum atomic E-state index is 10.6. The van der Waals surface area contributed by atoms with Gasteiger partial charge >= 0.3 is 0 Å². The topological polar surface area (TPSA) is 192 Å². The van der Waals surface area contributed by atoms with Gasteiger partial charge in [0.15, 0.2) is 0 Å². The third-order valence-electron chi connectivity index (χ3n) is 4.41. The molecule has 2 aromatic rings. The SMILES string of the molecule is O=[N+]([O-])c1ccc(C=NC[C@@H](O)[C@@H](O)[C@H](O)[C@H](O)CN=Cc2ccc([N+](=O)[O-])cc2)cc1. The van der Waals surface area contributed by atoms with E-state index in [2.05, 4.69) is 9.98 Å². The molecule has 0 amide bonds. The van der Waals surface area contributed by atoms with Crippen molar-refractivity contribution < 1.29 is 30.3 Å². The van der Waals surface area contributed by atoms with Crippen LogP contribution in [0, 0.1) is 20.2 Å². The second kappa shape index (κ2) is 11.7. The van der Waals surface area contributed by atoms with Gasteiger partial charge in [-0.3, -0.25) is 30.2 Å². The fourth-order valence-corrected chi connectivity index (χ4v) is 2.57. The molecule has 0 bridgehead atoms. The van der Waals surface area contributed by atoms with Crippen molar-refractivity contribution in [2.75, 3.05) is 13.1 Å². The van der Waals surface area contributed by atoms with Gasteiger partial charge in [-0.2, -0.15) is 0 Å². The van der Waals surface area contributed by atoms with Crippen molar-refractivity contribution in [2.24, 2.45) is 9.98 Å². The van der Waals surface area contributed by atoms with E-state index in [1.54, 1.807) is 0 Å². The van der Waals surface area contributed by atoms with Crippen LogP contribution in [0.3, 0.4) is 0 Å². The Hall–Kier alpha value is -3.58. The molecule has 0 unspecified atom stereocenters. The molecule has 12 nitrogen and oxygen atoms in total. The fourth-order valence-electron chi connectivity index (χ4n) is 2.57. The molecule has 0 aromatic heterocycles. The molecule has 32 heavy (non-hydrogen) atoms. The summed E-state index contributed by atoms with van der Waals surface area (Å²) in [6.45, 7) is -0.567. The lowest BCUT2D eigenvalue weighted by Gasteiger charge is -2.24. The van der Waals surface area contributed by atoms with E-state index in [9.17, 15) is 40.7 Å². The molecule has 12 heteroatoms. The zero-order valence-corrected chi connectivity index (χ0v) is 16.7. The van der Waals surface area contributed by atoms with Gasteiger partial charge in [-0.15, -0.1) is 0 Å². The molecule has 0 saturated heterocycles. The Morgan fingerprint density at radius 3 is 1.28 bits per heavy atom. The van der Waals surface area contributed by atoms with E-state index < -0.39 is 34.3 Å². The first-order valence-electron chi connectivity index (χ1n) is 9.40. The van der Waals surface area contributed by atoms with Crippen molar-refractivity contribution in [2.45, 2.75) is 24.4 Å². The summed E-state index contributed by atoms with van der Waals surface area (Å²) >= 11 is 0. The van der Waals surface area contributed by atoms with Crippen LogP contribution in [0.15, 0.2) is 58.5 Å². The predicted octanol–water partition coefficient (Wildman–Crippen LogP) is 0.485. The van der Waals surface area contributed by atoms with Crippen LogP contribution in [0.4, 0.5) is 11.4 Å². The number of hydrogen-bond acceptors (Lipinski definition) is 10. The maximum absolute atomic E-state index is 10.6. The van der Waals surface area contributed by atoms with Crippen LogP contribution < -0.4 is 0 Å². The summed E-state index contributed by atoms with van der Waals surface area (Å²) in [5, 5.41) is 61.3. The van der Waals surface area contributed by atoms with Gasteiger partial charge < -0.3 is 20.4 Å². The highest BCUT2D eigenvalue weighted by molar-refractivity contribution is 5.80. The van der Waals surface area contributed by atoms with Gasteiger partial charge in [0.05, 0.1) is 22.9 Å². The number of aliphatic hydroxyl groups is 4. The number of aliphatic imine (C=N–C) groups is 2. The van der Waals surface area contributed by atoms with Crippen LogP contribution in [-0.4, -0.2) is 80.2 Å². The van der Waals surface area contributed by atoms with E-state index in [0.29, 0.717) is 11.1 Å². The Morgan fingerprint density at radius 1 is 0.688 bits per heavy atom. The van der Waals surface area contributed by atoms with Gasteiger partial charge in [-0.05, 0) is 35.4 Å². The van der Waals surface area contributed by atoms with Gasteiger partial charge in [-0.1, -0.05) is 0 Å². The van der Waals surface area contributed by atoms with Crippen molar-refractivity contribution in [1.29, 1.82) is 0 Å². The average molecular weight is 446 g/mol. The van der Waals surface area contributed by atoms with Crippen molar-refractivity contribution in [3.8, 4) is 0 Å². The van der Waals surface area contributed by atoms with Crippen LogP contribution in [0.2, 0.25) is 0 Å². The van der Waals surface area contributed by atoms with Crippen LogP contribution in [0.25, 0.3) is 0 Å². The number of nitrogens with zero attached hydrogens (tertiary/aromatic N) is 4. The van der Waals surface area contributed by atoms with E-state index in [1.807, 2.05) is 0 Å². The van der Waals surface area contributed by atoms with Gasteiger partial charge in [-0.25, -0.2) is 0 Å². The minimum Gasteiger partial charge on any atom is -0.388 e. The molecule has 2 rings (SSSR count). The zero-order chi connectivity index (χ0) is 23.7. The van der Waals surface area contributed by atoms with Gasteiger partial charge in [0.2, 0.25) is 0 Å². The summed E-state index contributed by atoms with van der Waals surface area (Å²) < 4.78 is 0. The number of hydrogen-bond donors (Lipinski definition) is 4. The van der Waals surface area contributed by atoms with Crippen LogP contribution in [-0.2, 0) is 0 Å². The Kier molecular flexibility index (Phi) is 9.04. The first kappa shape index (κ1) is 24.7. The van der Waals surface area contributed by atoms with Crippen molar-refractivity contribution in [3.63, 3.8) is 0 Å². The number of nitro benzene ring substituents is 2. The molecular weight excluding hydrogens is 424 g/mol. The summed E-state index contributed by atoms with van der Waals surface area (Å²) in [5.74, 6) is 0. The fraction of sp³-hybridized carbons (Fsp3) is 0.300. The minimum atomic E-state index is -1.70. The van der Waals surface area contributed by atoms with Crippen LogP contribution in [0.1, 0.15) is 11.1 Å². The average Bonchev–Trinajstić information content (AvgIpc) is 2.78. The lowest BCUT2D eigenvalue weighted by molar-refractivity contribution is -0.385. The second-order valence-corrected chi connectivity index (χ2v) is 6.80. The Morgan fingerprint density at radius 2 is 1.00 bits per heavy atom. The third kappa shape index (κ3) is 7.28. The molecule has 0 aliphatic carbocycles. The molecule has 0 radical (unpaired) electrons. The number of nitro groups is 2. The number of aliphatic hydroxyl groups excluding tert-OH is 4. The van der Waals surface area contributed by atoms with Gasteiger partial charge in [0.25, 0.3) is 11.4 Å². The standard InChI is InChI=1S/C20H22N4O8/c25-17(11-21-9-13-1-5-15(6-2-13)23(29)30)19(27)20(28)18(26)12-22-10-14-3-7-16(8-4-14)24(31)32/h1-10,17-20,25-28H,11-12H2/t17-,18-,19-,20-/m1/s1. The van der Waals surface area contributed by atoms with Crippen molar-refractivity contribution >= 4 is 23.8 Å². The summed E-state index contributed by atoms with van der Waals surface area (Å²) in [4.78, 5) is 28.0. The maximum Gasteiger partial charge on any atom is 0.269 e. The number of non-ortho nitro benzene ring substituents is 2. The normalized spacial score (nSPS) is 15.5. The summed E-state index contributed by atoms with van der Waals surface area (Å²) in [5.41, 5.74) is 0.925. The first-order valence-corrected chi connectivity index (χ1v) is 9.40. The Balaban J connectivity index is 1.83. The molecule has 2 aromatic carbocycles. The zero-order valence-electron chi connectivity index (χ0n) is 16.7. The Bertz CT molecular complexity index is 883. The molecule has 0 aliphatic rings. The molecule has 4 atom stereocenters. The highest BCUT2D eigenvalue weighted by atomic mass is 16.6. The van der Waals surface area contributed by atoms with E-state index in [0.717, 1.165) is 0 Å². The largest absolute Gasteiger partial charge is 0.388 e. The molecule has 170 valence electrons. The molecule has 0 fully saturated rings. The molecule has 0 saturated carbocycles. The lowest BCUT2D eigenvalue weighted by atomic mass is 10.0. The van der Waals surface area contributed by atoms with Gasteiger partial charge in [0.1, 0.15) is 24.4 Å². The smallest absolute Gasteiger partial charge is 0.269 e. The van der Waals surface area contributed by atoms with Gasteiger partial charge in [0, 0.05) is 36.7 Å². The minimum absolute atomic E-state index is 0.0778. The summed E-state index contributed by atoms with van der Waals surface area (Å²) in [6, 6.07) is 11.0. The molecule has 4 N–H and O–H groups in total. The van der Waals surface area contributed by atoms with Crippen molar-refractivity contribution in [1.82, 2.24) is 0 Å². The Labute approximate surface area is 182 Å². The highest BCUT2D eigenvalue weighted by Gasteiger charge is 2.29. The first-order chi connectivity index (χ1) is 15.2. The van der Waals surface area contributed by atoms with E-state index in [-0.39, 0.29) is 24.5 Å². The third-order valence-corrected chi connectivity index (χ3v) is 4.41. The van der Waals surface area contributed by atoms with Crippen molar-refractivity contribution in [3.05, 3.63) is 79.9 Å². The lowest BCUT2D eigenvalue weighted by Crippen LogP contribution is -2.46. The molecule has 0 spiro atoms. The number of rotatable bonds is 11. The number of benzene rings is 2. The van der Waals surface area contributed by atoms with E-state index >= 15 is 0 Å².